The molecule has 1 heterocycles. The van der Waals surface area contributed by atoms with E-state index < -0.39 is 0 Å². The summed E-state index contributed by atoms with van der Waals surface area (Å²) >= 11 is 2.08. The Morgan fingerprint density at radius 3 is 2.63 bits per heavy atom. The molecule has 104 valence electrons. The van der Waals surface area contributed by atoms with E-state index in [0.717, 1.165) is 30.9 Å². The zero-order valence-electron chi connectivity index (χ0n) is 11.3. The van der Waals surface area contributed by atoms with E-state index in [-0.39, 0.29) is 5.82 Å². The molecule has 1 N–H and O–H groups in total. The number of hydrogen-bond acceptors (Lipinski definition) is 2. The van der Waals surface area contributed by atoms with Crippen molar-refractivity contribution in [2.45, 2.75) is 37.6 Å². The monoisotopic (exact) mass is 279 g/mol. The van der Waals surface area contributed by atoms with Crippen LogP contribution in [-0.4, -0.2) is 24.1 Å². The third kappa shape index (κ3) is 3.32. The first-order valence-corrected chi connectivity index (χ1v) is 8.54. The van der Waals surface area contributed by atoms with Crippen LogP contribution in [0.15, 0.2) is 24.3 Å². The second-order valence-electron chi connectivity index (χ2n) is 5.85. The van der Waals surface area contributed by atoms with Crippen molar-refractivity contribution in [3.05, 3.63) is 35.6 Å². The summed E-state index contributed by atoms with van der Waals surface area (Å²) in [6.45, 7) is 1.16. The van der Waals surface area contributed by atoms with E-state index in [1.165, 1.54) is 24.3 Å². The molecule has 19 heavy (non-hydrogen) atoms. The van der Waals surface area contributed by atoms with E-state index in [1.54, 1.807) is 12.1 Å². The van der Waals surface area contributed by atoms with Gasteiger partial charge in [0.25, 0.3) is 0 Å². The Balaban J connectivity index is 1.42. The van der Waals surface area contributed by atoms with E-state index >= 15 is 0 Å². The van der Waals surface area contributed by atoms with Gasteiger partial charge in [-0.2, -0.15) is 11.8 Å². The van der Waals surface area contributed by atoms with Gasteiger partial charge in [-0.15, -0.1) is 0 Å². The Kier molecular flexibility index (Phi) is 4.44. The van der Waals surface area contributed by atoms with Gasteiger partial charge in [-0.1, -0.05) is 18.2 Å². The molecule has 0 amide bonds. The summed E-state index contributed by atoms with van der Waals surface area (Å²) in [6, 6.07) is 7.84. The van der Waals surface area contributed by atoms with Gasteiger partial charge in [0, 0.05) is 6.04 Å². The normalized spacial score (nSPS) is 28.1. The minimum atomic E-state index is -0.0322. The first-order valence-electron chi connectivity index (χ1n) is 7.38. The van der Waals surface area contributed by atoms with Crippen molar-refractivity contribution < 1.29 is 4.39 Å². The quantitative estimate of drug-likeness (QED) is 0.899. The third-order valence-electron chi connectivity index (χ3n) is 4.52. The van der Waals surface area contributed by atoms with Gasteiger partial charge in [0.2, 0.25) is 0 Å². The molecule has 2 aliphatic rings. The van der Waals surface area contributed by atoms with Crippen LogP contribution in [0.3, 0.4) is 0 Å². The van der Waals surface area contributed by atoms with E-state index in [1.807, 2.05) is 12.1 Å². The fourth-order valence-corrected chi connectivity index (χ4v) is 4.33. The highest BCUT2D eigenvalue weighted by Gasteiger charge is 2.31. The van der Waals surface area contributed by atoms with Gasteiger partial charge in [0.15, 0.2) is 0 Å². The van der Waals surface area contributed by atoms with Crippen molar-refractivity contribution in [2.75, 3.05) is 18.1 Å². The first-order chi connectivity index (χ1) is 9.33. The predicted octanol–water partition coefficient (Wildman–Crippen LogP) is 3.80. The van der Waals surface area contributed by atoms with Crippen LogP contribution in [-0.2, 0) is 0 Å². The van der Waals surface area contributed by atoms with E-state index in [9.17, 15) is 4.39 Å². The van der Waals surface area contributed by atoms with E-state index in [0.29, 0.717) is 12.0 Å². The van der Waals surface area contributed by atoms with Gasteiger partial charge in [-0.25, -0.2) is 4.39 Å². The SMILES string of the molecule is Fc1ccccc1C1CC(NCC2CCSCC2)C1. The van der Waals surface area contributed by atoms with Gasteiger partial charge >= 0.3 is 0 Å². The number of rotatable bonds is 4. The Morgan fingerprint density at radius 2 is 1.89 bits per heavy atom. The smallest absolute Gasteiger partial charge is 0.126 e. The fraction of sp³-hybridized carbons (Fsp3) is 0.625. The van der Waals surface area contributed by atoms with Crippen molar-refractivity contribution in [3.63, 3.8) is 0 Å². The van der Waals surface area contributed by atoms with Crippen LogP contribution in [0.4, 0.5) is 4.39 Å². The van der Waals surface area contributed by atoms with Crippen molar-refractivity contribution >= 4 is 11.8 Å². The fourth-order valence-electron chi connectivity index (χ4n) is 3.13. The molecule has 1 saturated carbocycles. The molecule has 3 rings (SSSR count). The van der Waals surface area contributed by atoms with Crippen LogP contribution < -0.4 is 5.32 Å². The number of hydrogen-bond donors (Lipinski definition) is 1. The molecule has 0 radical (unpaired) electrons. The second kappa shape index (κ2) is 6.27. The zero-order chi connectivity index (χ0) is 13.1. The lowest BCUT2D eigenvalue weighted by Crippen LogP contribution is -2.42. The van der Waals surface area contributed by atoms with Crippen molar-refractivity contribution in [1.82, 2.24) is 5.32 Å². The van der Waals surface area contributed by atoms with Gasteiger partial charge in [-0.05, 0) is 67.2 Å². The van der Waals surface area contributed by atoms with Gasteiger partial charge in [-0.3, -0.25) is 0 Å². The summed E-state index contributed by atoms with van der Waals surface area (Å²) in [6.07, 6.45) is 4.92. The molecule has 1 aliphatic heterocycles. The summed E-state index contributed by atoms with van der Waals surface area (Å²) in [5, 5.41) is 3.68. The maximum absolute atomic E-state index is 13.6. The van der Waals surface area contributed by atoms with Gasteiger partial charge < -0.3 is 5.32 Å². The Bertz CT molecular complexity index is 411. The molecule has 1 aromatic carbocycles. The molecule has 0 atom stereocenters. The van der Waals surface area contributed by atoms with Crippen LogP contribution in [0.5, 0.6) is 0 Å². The molecule has 1 aromatic rings. The maximum atomic E-state index is 13.6. The molecule has 1 aliphatic carbocycles. The number of benzene rings is 1. The van der Waals surface area contributed by atoms with Crippen LogP contribution in [0.25, 0.3) is 0 Å². The molecule has 0 aromatic heterocycles. The third-order valence-corrected chi connectivity index (χ3v) is 5.57. The van der Waals surface area contributed by atoms with Crippen molar-refractivity contribution in [2.24, 2.45) is 5.92 Å². The van der Waals surface area contributed by atoms with Crippen LogP contribution in [0.2, 0.25) is 0 Å². The van der Waals surface area contributed by atoms with Crippen LogP contribution >= 0.6 is 11.8 Å². The lowest BCUT2D eigenvalue weighted by molar-refractivity contribution is 0.268. The predicted molar refractivity (Wildman–Crippen MR) is 80.2 cm³/mol. The standard InChI is InChI=1S/C16H22FNS/c17-16-4-2-1-3-15(16)13-9-14(10-13)18-11-12-5-7-19-8-6-12/h1-4,12-14,18H,5-11H2. The highest BCUT2D eigenvalue weighted by atomic mass is 32.2. The minimum Gasteiger partial charge on any atom is -0.314 e. The van der Waals surface area contributed by atoms with Gasteiger partial charge in [0.05, 0.1) is 0 Å². The zero-order valence-corrected chi connectivity index (χ0v) is 12.1. The highest BCUT2D eigenvalue weighted by Crippen LogP contribution is 2.38. The Morgan fingerprint density at radius 1 is 1.16 bits per heavy atom. The average molecular weight is 279 g/mol. The van der Waals surface area contributed by atoms with Crippen molar-refractivity contribution in [3.8, 4) is 0 Å². The molecule has 0 unspecified atom stereocenters. The number of thioether (sulfide) groups is 1. The molecular formula is C16H22FNS. The Hall–Kier alpha value is -0.540. The molecular weight excluding hydrogens is 257 g/mol. The highest BCUT2D eigenvalue weighted by molar-refractivity contribution is 7.99. The number of nitrogens with one attached hydrogen (secondary N) is 1. The topological polar surface area (TPSA) is 12.0 Å². The summed E-state index contributed by atoms with van der Waals surface area (Å²) in [4.78, 5) is 0. The lowest BCUT2D eigenvalue weighted by atomic mass is 9.75. The summed E-state index contributed by atoms with van der Waals surface area (Å²) < 4.78 is 13.6. The van der Waals surface area contributed by atoms with E-state index in [2.05, 4.69) is 17.1 Å². The lowest BCUT2D eigenvalue weighted by Gasteiger charge is -2.37. The molecule has 3 heteroatoms. The molecule has 0 spiro atoms. The molecule has 1 saturated heterocycles. The molecule has 2 fully saturated rings. The molecule has 1 nitrogen and oxygen atoms in total. The second-order valence-corrected chi connectivity index (χ2v) is 7.08. The first kappa shape index (κ1) is 13.4. The van der Waals surface area contributed by atoms with Crippen LogP contribution in [0.1, 0.15) is 37.2 Å². The van der Waals surface area contributed by atoms with Crippen LogP contribution in [0, 0.1) is 11.7 Å². The summed E-state index contributed by atoms with van der Waals surface area (Å²) in [5.41, 5.74) is 0.912. The minimum absolute atomic E-state index is 0.0322. The number of halogens is 1. The summed E-state index contributed by atoms with van der Waals surface area (Å²) in [5.74, 6) is 3.92. The maximum Gasteiger partial charge on any atom is 0.126 e. The molecule has 0 bridgehead atoms. The van der Waals surface area contributed by atoms with Crippen molar-refractivity contribution in [1.29, 1.82) is 0 Å². The van der Waals surface area contributed by atoms with E-state index in [4.69, 9.17) is 0 Å². The Labute approximate surface area is 119 Å². The summed E-state index contributed by atoms with van der Waals surface area (Å²) in [7, 11) is 0. The van der Waals surface area contributed by atoms with Gasteiger partial charge in [0.1, 0.15) is 5.82 Å². The average Bonchev–Trinajstić information content (AvgIpc) is 2.40. The largest absolute Gasteiger partial charge is 0.314 e.